The molecule has 0 radical (unpaired) electrons. The van der Waals surface area contributed by atoms with Crippen LogP contribution in [-0.4, -0.2) is 34.7 Å². The Hall–Kier alpha value is -1.59. The van der Waals surface area contributed by atoms with Gasteiger partial charge in [-0.15, -0.1) is 0 Å². The fraction of sp³-hybridized carbons (Fsp3) is 0.727. The Morgan fingerprint density at radius 3 is 2.24 bits per heavy atom. The molecule has 0 aromatic carbocycles. The van der Waals surface area contributed by atoms with Crippen molar-refractivity contribution in [3.05, 3.63) is 0 Å². The summed E-state index contributed by atoms with van der Waals surface area (Å²) in [5.74, 6) is -4.82. The summed E-state index contributed by atoms with van der Waals surface area (Å²) in [6.45, 7) is 3.85. The van der Waals surface area contributed by atoms with E-state index in [4.69, 9.17) is 14.9 Å². The van der Waals surface area contributed by atoms with Crippen LogP contribution in [-0.2, 0) is 19.1 Å². The molecule has 0 aliphatic heterocycles. The summed E-state index contributed by atoms with van der Waals surface area (Å²) in [6.07, 6.45) is -0.567. The quantitative estimate of drug-likeness (QED) is 0.687. The molecule has 4 unspecified atom stereocenters. The standard InChI is InChI=1S/C11H16O6/c1-5(2)8-7(17-4-12)3-6(10(13)14)9(8)11(15)16/h4-9H,3H2,1-2H3,(H,13,14)(H,15,16). The van der Waals surface area contributed by atoms with E-state index in [0.29, 0.717) is 0 Å². The highest BCUT2D eigenvalue weighted by molar-refractivity contribution is 5.81. The monoisotopic (exact) mass is 244 g/mol. The van der Waals surface area contributed by atoms with Crippen molar-refractivity contribution in [2.45, 2.75) is 26.4 Å². The lowest BCUT2D eigenvalue weighted by Crippen LogP contribution is -2.34. The third kappa shape index (κ3) is 2.57. The maximum atomic E-state index is 11.2. The molecule has 1 fully saturated rings. The summed E-state index contributed by atoms with van der Waals surface area (Å²) < 4.78 is 4.83. The number of hydrogen-bond acceptors (Lipinski definition) is 4. The number of carboxylic acids is 2. The predicted molar refractivity (Wildman–Crippen MR) is 56.1 cm³/mol. The molecule has 4 atom stereocenters. The van der Waals surface area contributed by atoms with Gasteiger partial charge in [0.2, 0.25) is 0 Å². The van der Waals surface area contributed by atoms with Crippen molar-refractivity contribution in [3.63, 3.8) is 0 Å². The van der Waals surface area contributed by atoms with Crippen molar-refractivity contribution in [2.75, 3.05) is 0 Å². The Morgan fingerprint density at radius 2 is 1.88 bits per heavy atom. The van der Waals surface area contributed by atoms with E-state index in [9.17, 15) is 14.4 Å². The molecule has 1 saturated carbocycles. The Labute approximate surface area is 98.6 Å². The van der Waals surface area contributed by atoms with Crippen molar-refractivity contribution < 1.29 is 29.3 Å². The molecule has 6 nitrogen and oxygen atoms in total. The van der Waals surface area contributed by atoms with Gasteiger partial charge in [0.05, 0.1) is 11.8 Å². The van der Waals surface area contributed by atoms with Crippen molar-refractivity contribution in [2.24, 2.45) is 23.7 Å². The minimum Gasteiger partial charge on any atom is -0.481 e. The van der Waals surface area contributed by atoms with Crippen LogP contribution in [0.5, 0.6) is 0 Å². The smallest absolute Gasteiger partial charge is 0.307 e. The van der Waals surface area contributed by atoms with Gasteiger partial charge in [-0.05, 0) is 12.3 Å². The van der Waals surface area contributed by atoms with Gasteiger partial charge >= 0.3 is 11.9 Å². The molecule has 17 heavy (non-hydrogen) atoms. The second kappa shape index (κ2) is 5.16. The number of aliphatic carboxylic acids is 2. The van der Waals surface area contributed by atoms with Gasteiger partial charge in [-0.1, -0.05) is 13.8 Å². The predicted octanol–water partition coefficient (Wildman–Crippen LogP) is 0.606. The van der Waals surface area contributed by atoms with Crippen LogP contribution in [0.2, 0.25) is 0 Å². The Bertz CT molecular complexity index is 324. The Balaban J connectivity index is 3.03. The number of ether oxygens (including phenoxy) is 1. The Kier molecular flexibility index (Phi) is 4.09. The van der Waals surface area contributed by atoms with Gasteiger partial charge in [-0.3, -0.25) is 14.4 Å². The molecule has 1 aliphatic rings. The summed E-state index contributed by atoms with van der Waals surface area (Å²) >= 11 is 0. The van der Waals surface area contributed by atoms with Crippen LogP contribution >= 0.6 is 0 Å². The van der Waals surface area contributed by atoms with Crippen molar-refractivity contribution in [1.82, 2.24) is 0 Å². The zero-order valence-corrected chi connectivity index (χ0v) is 9.70. The minimum absolute atomic E-state index is 0.0634. The normalized spacial score (nSPS) is 32.4. The highest BCUT2D eigenvalue weighted by Gasteiger charge is 2.52. The highest BCUT2D eigenvalue weighted by Crippen LogP contribution is 2.43. The second-order valence-corrected chi connectivity index (χ2v) is 4.64. The van der Waals surface area contributed by atoms with Gasteiger partial charge in [-0.2, -0.15) is 0 Å². The Morgan fingerprint density at radius 1 is 1.29 bits per heavy atom. The number of carbonyl (C=O) groups is 3. The van der Waals surface area contributed by atoms with E-state index in [1.165, 1.54) is 0 Å². The highest BCUT2D eigenvalue weighted by atomic mass is 16.5. The van der Waals surface area contributed by atoms with Gasteiger partial charge in [-0.25, -0.2) is 0 Å². The number of hydrogen-bond donors (Lipinski definition) is 2. The molecule has 0 heterocycles. The summed E-state index contributed by atoms with van der Waals surface area (Å²) in [5, 5.41) is 18.1. The lowest BCUT2D eigenvalue weighted by Gasteiger charge is -2.25. The van der Waals surface area contributed by atoms with Gasteiger partial charge < -0.3 is 14.9 Å². The zero-order chi connectivity index (χ0) is 13.2. The van der Waals surface area contributed by atoms with E-state index in [1.54, 1.807) is 13.8 Å². The van der Waals surface area contributed by atoms with Crippen LogP contribution in [0.4, 0.5) is 0 Å². The van der Waals surface area contributed by atoms with Crippen LogP contribution in [0, 0.1) is 23.7 Å². The first kappa shape index (κ1) is 13.5. The molecule has 96 valence electrons. The summed E-state index contributed by atoms with van der Waals surface area (Å²) in [7, 11) is 0. The van der Waals surface area contributed by atoms with Crippen molar-refractivity contribution in [1.29, 1.82) is 0 Å². The largest absolute Gasteiger partial charge is 0.481 e. The molecule has 0 saturated heterocycles. The SMILES string of the molecule is CC(C)C1C(OC=O)CC(C(=O)O)C1C(=O)O. The van der Waals surface area contributed by atoms with E-state index in [1.807, 2.05) is 0 Å². The van der Waals surface area contributed by atoms with Crippen LogP contribution in [0.25, 0.3) is 0 Å². The van der Waals surface area contributed by atoms with Gasteiger partial charge in [0, 0.05) is 5.92 Å². The van der Waals surface area contributed by atoms with Crippen molar-refractivity contribution in [3.8, 4) is 0 Å². The number of rotatable bonds is 5. The maximum Gasteiger partial charge on any atom is 0.307 e. The fourth-order valence-corrected chi connectivity index (χ4v) is 2.71. The topological polar surface area (TPSA) is 101 Å². The summed E-state index contributed by atoms with van der Waals surface area (Å²) in [5.41, 5.74) is 0. The van der Waals surface area contributed by atoms with E-state index >= 15 is 0 Å². The third-order valence-electron chi connectivity index (χ3n) is 3.37. The van der Waals surface area contributed by atoms with Crippen LogP contribution in [0.15, 0.2) is 0 Å². The molecule has 0 aromatic rings. The molecule has 1 aliphatic carbocycles. The van der Waals surface area contributed by atoms with Gasteiger partial charge in [0.1, 0.15) is 6.10 Å². The van der Waals surface area contributed by atoms with E-state index in [2.05, 4.69) is 0 Å². The molecular weight excluding hydrogens is 228 g/mol. The first-order valence-corrected chi connectivity index (χ1v) is 5.44. The molecular formula is C11H16O6. The first-order chi connectivity index (χ1) is 7.90. The third-order valence-corrected chi connectivity index (χ3v) is 3.37. The lowest BCUT2D eigenvalue weighted by atomic mass is 9.82. The zero-order valence-electron chi connectivity index (χ0n) is 9.70. The van der Waals surface area contributed by atoms with Gasteiger partial charge in [0.25, 0.3) is 6.47 Å². The van der Waals surface area contributed by atoms with E-state index in [0.717, 1.165) is 0 Å². The number of carbonyl (C=O) groups excluding carboxylic acids is 1. The average Bonchev–Trinajstić information content (AvgIpc) is 2.57. The average molecular weight is 244 g/mol. The molecule has 0 spiro atoms. The molecule has 0 amide bonds. The molecule has 2 N–H and O–H groups in total. The fourth-order valence-electron chi connectivity index (χ4n) is 2.71. The molecule has 0 aromatic heterocycles. The molecule has 6 heteroatoms. The summed E-state index contributed by atoms with van der Waals surface area (Å²) in [6, 6.07) is 0. The van der Waals surface area contributed by atoms with Crippen LogP contribution in [0.1, 0.15) is 20.3 Å². The molecule has 0 bridgehead atoms. The maximum absolute atomic E-state index is 11.2. The number of carboxylic acid groups (broad SMARTS) is 2. The summed E-state index contributed by atoms with van der Waals surface area (Å²) in [4.78, 5) is 32.6. The van der Waals surface area contributed by atoms with E-state index < -0.39 is 35.8 Å². The lowest BCUT2D eigenvalue weighted by molar-refractivity contribution is -0.154. The van der Waals surface area contributed by atoms with Crippen LogP contribution < -0.4 is 0 Å². The van der Waals surface area contributed by atoms with E-state index in [-0.39, 0.29) is 18.8 Å². The molecule has 1 rings (SSSR count). The van der Waals surface area contributed by atoms with Crippen molar-refractivity contribution >= 4 is 18.4 Å². The van der Waals surface area contributed by atoms with Crippen LogP contribution in [0.3, 0.4) is 0 Å². The second-order valence-electron chi connectivity index (χ2n) is 4.64. The minimum atomic E-state index is -1.15. The van der Waals surface area contributed by atoms with Gasteiger partial charge in [0.15, 0.2) is 0 Å². The first-order valence-electron chi connectivity index (χ1n) is 5.44.